The van der Waals surface area contributed by atoms with Gasteiger partial charge < -0.3 is 23.5 Å². The number of aryl methyl sites for hydroxylation is 1. The highest BCUT2D eigenvalue weighted by Gasteiger charge is 2.18. The van der Waals surface area contributed by atoms with Crippen molar-refractivity contribution in [2.24, 2.45) is 0 Å². The molecule has 2 heterocycles. The van der Waals surface area contributed by atoms with E-state index in [-0.39, 0.29) is 5.56 Å². The molecule has 0 spiro atoms. The van der Waals surface area contributed by atoms with E-state index >= 15 is 0 Å². The maximum atomic E-state index is 12.5. The Balaban J connectivity index is 1.48. The minimum Gasteiger partial charge on any atom is -0.490 e. The van der Waals surface area contributed by atoms with Crippen molar-refractivity contribution in [1.29, 1.82) is 0 Å². The van der Waals surface area contributed by atoms with Crippen LogP contribution >= 0.6 is 15.9 Å². The zero-order chi connectivity index (χ0) is 20.2. The predicted molar refractivity (Wildman–Crippen MR) is 113 cm³/mol. The Bertz CT molecular complexity index is 1050. The third-order valence-electron chi connectivity index (χ3n) is 4.68. The van der Waals surface area contributed by atoms with Crippen LogP contribution in [0.2, 0.25) is 0 Å². The minimum atomic E-state index is -0.305. The van der Waals surface area contributed by atoms with E-state index in [9.17, 15) is 4.79 Å². The highest BCUT2D eigenvalue weighted by atomic mass is 79.9. The monoisotopic (exact) mass is 460 g/mol. The quantitative estimate of drug-likeness (QED) is 0.520. The van der Waals surface area contributed by atoms with Gasteiger partial charge >= 0.3 is 6.01 Å². The van der Waals surface area contributed by atoms with Gasteiger partial charge in [-0.3, -0.25) is 4.79 Å². The first-order chi connectivity index (χ1) is 14.1. The van der Waals surface area contributed by atoms with Crippen molar-refractivity contribution in [1.82, 2.24) is 4.98 Å². The number of aromatic nitrogens is 1. The standard InChI is InChI=1S/C21H21BrN2O5/c1-14-18(28-13-12-27-16-4-2-15(22)3-5-16)7-6-17-19(14)29-21(23-20(17)25)24-8-10-26-11-9-24/h2-7H,8-13H2,1H3. The Morgan fingerprint density at radius 2 is 1.79 bits per heavy atom. The lowest BCUT2D eigenvalue weighted by atomic mass is 10.1. The molecule has 0 unspecified atom stereocenters. The van der Waals surface area contributed by atoms with Gasteiger partial charge in [-0.05, 0) is 43.3 Å². The summed E-state index contributed by atoms with van der Waals surface area (Å²) in [6, 6.07) is 11.4. The smallest absolute Gasteiger partial charge is 0.301 e. The lowest BCUT2D eigenvalue weighted by molar-refractivity contribution is 0.120. The molecular formula is C21H21BrN2O5. The van der Waals surface area contributed by atoms with Crippen LogP contribution in [-0.2, 0) is 4.74 Å². The third-order valence-corrected chi connectivity index (χ3v) is 5.21. The van der Waals surface area contributed by atoms with Crippen molar-refractivity contribution in [3.05, 3.63) is 56.8 Å². The first-order valence-electron chi connectivity index (χ1n) is 9.40. The molecule has 1 aliphatic rings. The number of benzene rings is 2. The van der Waals surface area contributed by atoms with Crippen LogP contribution in [0.25, 0.3) is 11.0 Å². The van der Waals surface area contributed by atoms with Crippen LogP contribution in [0.4, 0.5) is 6.01 Å². The zero-order valence-corrected chi connectivity index (χ0v) is 17.6. The Hall–Kier alpha value is -2.58. The summed E-state index contributed by atoms with van der Waals surface area (Å²) in [5, 5.41) is 0.443. The van der Waals surface area contributed by atoms with Crippen molar-refractivity contribution in [2.45, 2.75) is 6.92 Å². The van der Waals surface area contributed by atoms with Crippen LogP contribution in [0, 0.1) is 6.92 Å². The van der Waals surface area contributed by atoms with E-state index in [1.165, 1.54) is 0 Å². The fourth-order valence-corrected chi connectivity index (χ4v) is 3.39. The number of halogens is 1. The van der Waals surface area contributed by atoms with Gasteiger partial charge in [-0.25, -0.2) is 0 Å². The lowest BCUT2D eigenvalue weighted by Crippen LogP contribution is -2.37. The van der Waals surface area contributed by atoms with Gasteiger partial charge in [-0.15, -0.1) is 0 Å². The molecule has 8 heteroatoms. The van der Waals surface area contributed by atoms with Crippen LogP contribution in [-0.4, -0.2) is 44.5 Å². The van der Waals surface area contributed by atoms with Gasteiger partial charge in [0.05, 0.1) is 18.6 Å². The van der Waals surface area contributed by atoms with Crippen molar-refractivity contribution in [3.63, 3.8) is 0 Å². The average molecular weight is 461 g/mol. The van der Waals surface area contributed by atoms with Crippen molar-refractivity contribution < 1.29 is 18.6 Å². The Labute approximate surface area is 176 Å². The molecule has 1 aromatic heterocycles. The fraction of sp³-hybridized carbons (Fsp3) is 0.333. The molecule has 0 atom stereocenters. The van der Waals surface area contributed by atoms with Gasteiger partial charge in [0.15, 0.2) is 5.58 Å². The van der Waals surface area contributed by atoms with Crippen molar-refractivity contribution in [3.8, 4) is 11.5 Å². The lowest BCUT2D eigenvalue weighted by Gasteiger charge is -2.26. The second-order valence-corrected chi connectivity index (χ2v) is 7.53. The number of rotatable bonds is 6. The van der Waals surface area contributed by atoms with E-state index < -0.39 is 0 Å². The van der Waals surface area contributed by atoms with E-state index in [1.807, 2.05) is 36.1 Å². The van der Waals surface area contributed by atoms with Crippen LogP contribution in [0.3, 0.4) is 0 Å². The summed E-state index contributed by atoms with van der Waals surface area (Å²) >= 11 is 3.40. The highest BCUT2D eigenvalue weighted by Crippen LogP contribution is 2.28. The molecule has 0 saturated carbocycles. The molecule has 1 aliphatic heterocycles. The summed E-state index contributed by atoms with van der Waals surface area (Å²) in [4.78, 5) is 18.5. The van der Waals surface area contributed by atoms with Crippen molar-refractivity contribution >= 4 is 32.9 Å². The van der Waals surface area contributed by atoms with Gasteiger partial charge in [0.1, 0.15) is 24.7 Å². The van der Waals surface area contributed by atoms with Gasteiger partial charge in [-0.2, -0.15) is 4.98 Å². The second kappa shape index (κ2) is 8.84. The van der Waals surface area contributed by atoms with Gasteiger partial charge in [0.25, 0.3) is 5.56 Å². The van der Waals surface area contributed by atoms with Gasteiger partial charge in [0.2, 0.25) is 0 Å². The van der Waals surface area contributed by atoms with Crippen LogP contribution in [0.1, 0.15) is 5.56 Å². The molecule has 0 amide bonds. The molecule has 1 saturated heterocycles. The fourth-order valence-electron chi connectivity index (χ4n) is 3.12. The largest absolute Gasteiger partial charge is 0.490 e. The molecule has 2 aromatic carbocycles. The zero-order valence-electron chi connectivity index (χ0n) is 16.0. The Morgan fingerprint density at radius 1 is 1.07 bits per heavy atom. The summed E-state index contributed by atoms with van der Waals surface area (Å²) in [5.41, 5.74) is 0.957. The van der Waals surface area contributed by atoms with E-state index in [1.54, 1.807) is 12.1 Å². The van der Waals surface area contributed by atoms with E-state index in [0.29, 0.717) is 62.3 Å². The number of hydrogen-bond donors (Lipinski definition) is 0. The van der Waals surface area contributed by atoms with E-state index in [0.717, 1.165) is 15.8 Å². The minimum absolute atomic E-state index is 0.305. The summed E-state index contributed by atoms with van der Waals surface area (Å²) in [7, 11) is 0. The molecule has 4 rings (SSSR count). The summed E-state index contributed by atoms with van der Waals surface area (Å²) in [5.74, 6) is 1.43. The molecule has 0 radical (unpaired) electrons. The Kier molecular flexibility index (Phi) is 6.01. The number of ether oxygens (including phenoxy) is 3. The normalized spacial score (nSPS) is 14.2. The van der Waals surface area contributed by atoms with Gasteiger partial charge in [0, 0.05) is 23.1 Å². The van der Waals surface area contributed by atoms with Crippen LogP contribution < -0.4 is 19.9 Å². The van der Waals surface area contributed by atoms with Crippen LogP contribution in [0.15, 0.2) is 50.1 Å². The third kappa shape index (κ3) is 4.54. The number of anilines is 1. The molecule has 1 fully saturated rings. The maximum absolute atomic E-state index is 12.5. The maximum Gasteiger partial charge on any atom is 0.301 e. The van der Waals surface area contributed by atoms with Crippen LogP contribution in [0.5, 0.6) is 11.5 Å². The first kappa shape index (κ1) is 19.7. The molecule has 7 nitrogen and oxygen atoms in total. The molecule has 0 N–H and O–H groups in total. The summed E-state index contributed by atoms with van der Waals surface area (Å²) in [6.45, 7) is 5.10. The first-order valence-corrected chi connectivity index (χ1v) is 10.2. The number of morpholine rings is 1. The molecule has 152 valence electrons. The molecular weight excluding hydrogens is 440 g/mol. The number of hydrogen-bond acceptors (Lipinski definition) is 7. The summed E-state index contributed by atoms with van der Waals surface area (Å²) in [6.07, 6.45) is 0. The highest BCUT2D eigenvalue weighted by molar-refractivity contribution is 9.10. The average Bonchev–Trinajstić information content (AvgIpc) is 2.75. The van der Waals surface area contributed by atoms with E-state index in [2.05, 4.69) is 20.9 Å². The molecule has 0 bridgehead atoms. The molecule has 3 aromatic rings. The second-order valence-electron chi connectivity index (χ2n) is 6.62. The number of nitrogens with zero attached hydrogens (tertiary/aromatic N) is 2. The SMILES string of the molecule is Cc1c(OCCOc2ccc(Br)cc2)ccc2c(=O)nc(N3CCOCC3)oc12. The predicted octanol–water partition coefficient (Wildman–Crippen LogP) is 3.55. The van der Waals surface area contributed by atoms with E-state index in [4.69, 9.17) is 18.6 Å². The van der Waals surface area contributed by atoms with Crippen molar-refractivity contribution in [2.75, 3.05) is 44.4 Å². The topological polar surface area (TPSA) is 74.0 Å². The summed E-state index contributed by atoms with van der Waals surface area (Å²) < 4.78 is 23.9. The Morgan fingerprint density at radius 3 is 2.55 bits per heavy atom. The van der Waals surface area contributed by atoms with Gasteiger partial charge in [-0.1, -0.05) is 15.9 Å². The number of fused-ring (bicyclic) bond motifs is 1. The molecule has 0 aliphatic carbocycles. The molecule has 29 heavy (non-hydrogen) atoms.